The van der Waals surface area contributed by atoms with E-state index in [-0.39, 0.29) is 11.4 Å². The number of rotatable bonds is 3. The molecule has 0 aliphatic rings. The van der Waals surface area contributed by atoms with Crippen molar-refractivity contribution in [3.8, 4) is 11.5 Å². The maximum absolute atomic E-state index is 10.7. The molecule has 6 nitrogen and oxygen atoms in total. The normalized spacial score (nSPS) is 10.5. The van der Waals surface area contributed by atoms with Crippen molar-refractivity contribution in [3.63, 3.8) is 0 Å². The van der Waals surface area contributed by atoms with Crippen molar-refractivity contribution >= 4 is 22.3 Å². The van der Waals surface area contributed by atoms with Crippen LogP contribution in [-0.2, 0) is 0 Å². The van der Waals surface area contributed by atoms with Gasteiger partial charge in [0.05, 0.1) is 16.6 Å². The molecule has 0 bridgehead atoms. The van der Waals surface area contributed by atoms with Gasteiger partial charge in [-0.1, -0.05) is 18.2 Å². The zero-order valence-electron chi connectivity index (χ0n) is 10.9. The number of nitrogens with two attached hydrogens (primary N) is 1. The van der Waals surface area contributed by atoms with Crippen molar-refractivity contribution in [2.24, 2.45) is 0 Å². The van der Waals surface area contributed by atoms with E-state index in [1.54, 1.807) is 6.20 Å². The highest BCUT2D eigenvalue weighted by Crippen LogP contribution is 2.29. The van der Waals surface area contributed by atoms with Crippen LogP contribution >= 0.6 is 0 Å². The molecule has 3 aromatic rings. The summed E-state index contributed by atoms with van der Waals surface area (Å²) in [5.41, 5.74) is 6.42. The molecule has 6 heteroatoms. The fourth-order valence-corrected chi connectivity index (χ4v) is 2.01. The van der Waals surface area contributed by atoms with Crippen molar-refractivity contribution in [2.75, 3.05) is 5.73 Å². The third-order valence-electron chi connectivity index (χ3n) is 3.00. The topological polar surface area (TPSA) is 91.3 Å². The van der Waals surface area contributed by atoms with Gasteiger partial charge < -0.3 is 10.5 Å². The Bertz CT molecular complexity index is 833. The van der Waals surface area contributed by atoms with Gasteiger partial charge >= 0.3 is 0 Å². The lowest BCUT2D eigenvalue weighted by Crippen LogP contribution is -1.96. The Labute approximate surface area is 119 Å². The molecule has 0 fully saturated rings. The Balaban J connectivity index is 1.91. The van der Waals surface area contributed by atoms with Gasteiger partial charge in [0, 0.05) is 17.5 Å². The standard InChI is InChI=1S/C15H11N3O3/c16-13-8-11(5-6-15(13)18(19)20)21-12-7-10-3-1-2-4-14(10)17-9-12/h1-9H,16H2. The highest BCUT2D eigenvalue weighted by atomic mass is 16.6. The molecule has 0 saturated heterocycles. The van der Waals surface area contributed by atoms with Gasteiger partial charge in [-0.15, -0.1) is 0 Å². The van der Waals surface area contributed by atoms with Gasteiger partial charge in [-0.2, -0.15) is 0 Å². The molecule has 0 aliphatic carbocycles. The molecule has 0 amide bonds. The number of aromatic nitrogens is 1. The highest BCUT2D eigenvalue weighted by molar-refractivity contribution is 5.79. The molecule has 104 valence electrons. The lowest BCUT2D eigenvalue weighted by molar-refractivity contribution is -0.383. The fourth-order valence-electron chi connectivity index (χ4n) is 2.01. The summed E-state index contributed by atoms with van der Waals surface area (Å²) in [5, 5.41) is 11.7. The molecule has 0 spiro atoms. The molecule has 1 aromatic heterocycles. The maximum atomic E-state index is 10.7. The molecule has 2 N–H and O–H groups in total. The van der Waals surface area contributed by atoms with Crippen LogP contribution in [0.2, 0.25) is 0 Å². The molecule has 0 aliphatic heterocycles. The number of ether oxygens (including phenoxy) is 1. The largest absolute Gasteiger partial charge is 0.456 e. The number of nitrogen functional groups attached to an aromatic ring is 1. The number of fused-ring (bicyclic) bond motifs is 1. The first-order chi connectivity index (χ1) is 10.1. The quantitative estimate of drug-likeness (QED) is 0.450. The predicted octanol–water partition coefficient (Wildman–Crippen LogP) is 3.52. The van der Waals surface area contributed by atoms with Crippen molar-refractivity contribution in [1.82, 2.24) is 4.98 Å². The lowest BCUT2D eigenvalue weighted by atomic mass is 10.2. The molecule has 1 heterocycles. The highest BCUT2D eigenvalue weighted by Gasteiger charge is 2.12. The van der Waals surface area contributed by atoms with E-state index >= 15 is 0 Å². The Morgan fingerprint density at radius 1 is 1.10 bits per heavy atom. The first kappa shape index (κ1) is 12.9. The molecule has 3 rings (SSSR count). The Morgan fingerprint density at radius 3 is 2.67 bits per heavy atom. The number of hydrogen-bond acceptors (Lipinski definition) is 5. The van der Waals surface area contributed by atoms with Crippen LogP contribution in [0.15, 0.2) is 54.7 Å². The van der Waals surface area contributed by atoms with E-state index in [0.29, 0.717) is 11.5 Å². The van der Waals surface area contributed by atoms with E-state index in [4.69, 9.17) is 10.5 Å². The summed E-state index contributed by atoms with van der Waals surface area (Å²) in [6.45, 7) is 0. The van der Waals surface area contributed by atoms with Gasteiger partial charge in [0.2, 0.25) is 0 Å². The average molecular weight is 281 g/mol. The summed E-state index contributed by atoms with van der Waals surface area (Å²) in [6, 6.07) is 13.8. The second-order valence-electron chi connectivity index (χ2n) is 4.44. The number of nitro groups is 1. The molecular formula is C15H11N3O3. The number of anilines is 1. The van der Waals surface area contributed by atoms with Gasteiger partial charge in [0.15, 0.2) is 0 Å². The average Bonchev–Trinajstić information content (AvgIpc) is 2.47. The number of pyridine rings is 1. The van der Waals surface area contributed by atoms with Crippen LogP contribution < -0.4 is 10.5 Å². The first-order valence-electron chi connectivity index (χ1n) is 6.20. The Morgan fingerprint density at radius 2 is 1.90 bits per heavy atom. The Kier molecular flexibility index (Phi) is 3.12. The molecule has 0 radical (unpaired) electrons. The summed E-state index contributed by atoms with van der Waals surface area (Å²) in [6.07, 6.45) is 1.60. The fraction of sp³-hybridized carbons (Fsp3) is 0. The van der Waals surface area contributed by atoms with Crippen LogP contribution in [0.5, 0.6) is 11.5 Å². The van der Waals surface area contributed by atoms with Crippen molar-refractivity contribution < 1.29 is 9.66 Å². The minimum absolute atomic E-state index is 0.0613. The van der Waals surface area contributed by atoms with Crippen LogP contribution in [0.1, 0.15) is 0 Å². The van der Waals surface area contributed by atoms with Gasteiger partial charge in [-0.25, -0.2) is 0 Å². The van der Waals surface area contributed by atoms with Crippen LogP contribution in [0.25, 0.3) is 10.9 Å². The zero-order valence-corrected chi connectivity index (χ0v) is 10.9. The molecule has 0 unspecified atom stereocenters. The minimum atomic E-state index is -0.531. The number of para-hydroxylation sites is 1. The Hall–Kier alpha value is -3.15. The summed E-state index contributed by atoms with van der Waals surface area (Å²) < 4.78 is 5.64. The summed E-state index contributed by atoms with van der Waals surface area (Å²) in [7, 11) is 0. The van der Waals surface area contributed by atoms with E-state index in [1.807, 2.05) is 30.3 Å². The first-order valence-corrected chi connectivity index (χ1v) is 6.20. The SMILES string of the molecule is Nc1cc(Oc2cnc3ccccc3c2)ccc1[N+](=O)[O-]. The van der Waals surface area contributed by atoms with Crippen molar-refractivity contribution in [2.45, 2.75) is 0 Å². The van der Waals surface area contributed by atoms with Crippen LogP contribution in [-0.4, -0.2) is 9.91 Å². The zero-order chi connectivity index (χ0) is 14.8. The third-order valence-corrected chi connectivity index (χ3v) is 3.00. The van der Waals surface area contributed by atoms with E-state index < -0.39 is 4.92 Å². The second-order valence-corrected chi connectivity index (χ2v) is 4.44. The van der Waals surface area contributed by atoms with Crippen molar-refractivity contribution in [1.29, 1.82) is 0 Å². The number of nitro benzene ring substituents is 1. The molecular weight excluding hydrogens is 270 g/mol. The van der Waals surface area contributed by atoms with Gasteiger partial charge in [0.1, 0.15) is 17.2 Å². The lowest BCUT2D eigenvalue weighted by Gasteiger charge is -2.07. The van der Waals surface area contributed by atoms with Gasteiger partial charge in [-0.05, 0) is 18.2 Å². The third kappa shape index (κ3) is 2.59. The van der Waals surface area contributed by atoms with Gasteiger partial charge in [0.25, 0.3) is 5.69 Å². The van der Waals surface area contributed by atoms with E-state index in [2.05, 4.69) is 4.98 Å². The predicted molar refractivity (Wildman–Crippen MR) is 79.3 cm³/mol. The molecule has 2 aromatic carbocycles. The van der Waals surface area contributed by atoms with E-state index in [0.717, 1.165) is 10.9 Å². The molecule has 0 atom stereocenters. The maximum Gasteiger partial charge on any atom is 0.292 e. The van der Waals surface area contributed by atoms with Crippen molar-refractivity contribution in [3.05, 3.63) is 64.8 Å². The summed E-state index contributed by atoms with van der Waals surface area (Å²) >= 11 is 0. The smallest absolute Gasteiger partial charge is 0.292 e. The second kappa shape index (κ2) is 5.09. The number of benzene rings is 2. The van der Waals surface area contributed by atoms with Gasteiger partial charge in [-0.3, -0.25) is 15.1 Å². The minimum Gasteiger partial charge on any atom is -0.456 e. The summed E-state index contributed by atoms with van der Waals surface area (Å²) in [5.74, 6) is 0.970. The monoisotopic (exact) mass is 281 g/mol. The molecule has 0 saturated carbocycles. The number of nitrogens with zero attached hydrogens (tertiary/aromatic N) is 2. The van der Waals surface area contributed by atoms with E-state index in [1.165, 1.54) is 18.2 Å². The van der Waals surface area contributed by atoms with Crippen LogP contribution in [0.3, 0.4) is 0 Å². The van der Waals surface area contributed by atoms with E-state index in [9.17, 15) is 10.1 Å². The summed E-state index contributed by atoms with van der Waals surface area (Å²) in [4.78, 5) is 14.5. The van der Waals surface area contributed by atoms with Crippen LogP contribution in [0, 0.1) is 10.1 Å². The number of hydrogen-bond donors (Lipinski definition) is 1. The molecule has 21 heavy (non-hydrogen) atoms. The van der Waals surface area contributed by atoms with Crippen LogP contribution in [0.4, 0.5) is 11.4 Å².